The maximum absolute atomic E-state index is 13.8. The minimum absolute atomic E-state index is 0.00203. The fourth-order valence-electron chi connectivity index (χ4n) is 2.58. The van der Waals surface area contributed by atoms with E-state index in [0.717, 1.165) is 0 Å². The molecule has 1 aromatic carbocycles. The van der Waals surface area contributed by atoms with Gasteiger partial charge in [-0.15, -0.1) is 0 Å². The number of aromatic nitrogens is 2. The predicted octanol–water partition coefficient (Wildman–Crippen LogP) is 1.96. The maximum Gasteiger partial charge on any atom is 0.222 e. The number of hydrogen-bond donors (Lipinski definition) is 1. The second-order valence-corrected chi connectivity index (χ2v) is 5.39. The molecule has 3 rings (SSSR count). The molecular formula is C16H16FN5O. The molecule has 2 aromatic rings. The van der Waals surface area contributed by atoms with Crippen LogP contribution in [-0.2, 0) is 4.74 Å². The number of anilines is 2. The van der Waals surface area contributed by atoms with E-state index in [0.29, 0.717) is 36.8 Å². The van der Waals surface area contributed by atoms with E-state index < -0.39 is 5.82 Å². The second kappa shape index (κ2) is 6.18. The van der Waals surface area contributed by atoms with Crippen molar-refractivity contribution in [2.24, 2.45) is 0 Å². The summed E-state index contributed by atoms with van der Waals surface area (Å²) in [6.07, 6.45) is 0. The molecule has 7 heteroatoms. The Bertz CT molecular complexity index is 774. The summed E-state index contributed by atoms with van der Waals surface area (Å²) in [5.74, 6) is 0.234. The van der Waals surface area contributed by atoms with Gasteiger partial charge in [0.15, 0.2) is 0 Å². The first kappa shape index (κ1) is 15.2. The number of morpholine rings is 1. The molecule has 118 valence electrons. The van der Waals surface area contributed by atoms with Gasteiger partial charge in [-0.1, -0.05) is 6.07 Å². The summed E-state index contributed by atoms with van der Waals surface area (Å²) in [6.45, 7) is 3.98. The van der Waals surface area contributed by atoms with Crippen molar-refractivity contribution in [1.29, 1.82) is 5.26 Å². The van der Waals surface area contributed by atoms with Gasteiger partial charge in [-0.05, 0) is 19.1 Å². The number of benzene rings is 1. The van der Waals surface area contributed by atoms with Crippen LogP contribution in [-0.4, -0.2) is 35.8 Å². The van der Waals surface area contributed by atoms with Gasteiger partial charge < -0.3 is 15.4 Å². The van der Waals surface area contributed by atoms with Crippen LogP contribution in [0, 0.1) is 17.1 Å². The average Bonchev–Trinajstić information content (AvgIpc) is 2.54. The van der Waals surface area contributed by atoms with E-state index in [1.54, 1.807) is 18.2 Å². The third-order valence-corrected chi connectivity index (χ3v) is 3.78. The number of nitrogen functional groups attached to an aromatic ring is 1. The molecule has 1 saturated heterocycles. The molecule has 0 spiro atoms. The van der Waals surface area contributed by atoms with E-state index in [1.165, 1.54) is 12.1 Å². The number of ether oxygens (including phenoxy) is 1. The zero-order valence-corrected chi connectivity index (χ0v) is 12.7. The van der Waals surface area contributed by atoms with Gasteiger partial charge in [0.2, 0.25) is 5.95 Å². The summed E-state index contributed by atoms with van der Waals surface area (Å²) in [4.78, 5) is 10.5. The average molecular weight is 313 g/mol. The quantitative estimate of drug-likeness (QED) is 0.912. The zero-order valence-electron chi connectivity index (χ0n) is 12.7. The van der Waals surface area contributed by atoms with Crippen LogP contribution >= 0.6 is 0 Å². The van der Waals surface area contributed by atoms with Crippen LogP contribution in [0.5, 0.6) is 0 Å². The smallest absolute Gasteiger partial charge is 0.222 e. The number of nitrogens with two attached hydrogens (primary N) is 1. The fraction of sp³-hybridized carbons (Fsp3) is 0.312. The van der Waals surface area contributed by atoms with Crippen LogP contribution in [0.4, 0.5) is 16.2 Å². The molecule has 0 bridgehead atoms. The number of rotatable bonds is 2. The topological polar surface area (TPSA) is 88.1 Å². The molecule has 0 saturated carbocycles. The molecule has 0 amide bonds. The Morgan fingerprint density at radius 1 is 1.39 bits per heavy atom. The number of halogens is 1. The minimum Gasteiger partial charge on any atom is -0.377 e. The lowest BCUT2D eigenvalue weighted by Gasteiger charge is -2.34. The monoisotopic (exact) mass is 313 g/mol. The van der Waals surface area contributed by atoms with Crippen molar-refractivity contribution in [3.8, 4) is 17.3 Å². The van der Waals surface area contributed by atoms with Crippen molar-refractivity contribution >= 4 is 11.8 Å². The highest BCUT2D eigenvalue weighted by atomic mass is 19.1. The van der Waals surface area contributed by atoms with Crippen LogP contribution in [0.1, 0.15) is 12.5 Å². The van der Waals surface area contributed by atoms with E-state index in [-0.39, 0.29) is 17.6 Å². The second-order valence-electron chi connectivity index (χ2n) is 5.39. The summed E-state index contributed by atoms with van der Waals surface area (Å²) in [5.41, 5.74) is 6.89. The normalized spacial score (nSPS) is 17.8. The molecular weight excluding hydrogens is 297 g/mol. The molecule has 6 nitrogen and oxygen atoms in total. The van der Waals surface area contributed by atoms with Gasteiger partial charge in [0.05, 0.1) is 30.5 Å². The van der Waals surface area contributed by atoms with Crippen LogP contribution in [0.15, 0.2) is 24.3 Å². The third kappa shape index (κ3) is 3.07. The highest BCUT2D eigenvalue weighted by molar-refractivity contribution is 5.65. The Morgan fingerprint density at radius 2 is 2.22 bits per heavy atom. The molecule has 23 heavy (non-hydrogen) atoms. The SMILES string of the molecule is CC1COCCN1c1cc(-c2ccc(C#N)c(F)c2)nc(N)n1. The fourth-order valence-corrected chi connectivity index (χ4v) is 2.58. The molecule has 1 aromatic heterocycles. The van der Waals surface area contributed by atoms with Crippen molar-refractivity contribution < 1.29 is 9.13 Å². The van der Waals surface area contributed by atoms with Gasteiger partial charge in [-0.2, -0.15) is 10.2 Å². The summed E-state index contributed by atoms with van der Waals surface area (Å²) in [6, 6.07) is 8.11. The highest BCUT2D eigenvalue weighted by Crippen LogP contribution is 2.26. The Kier molecular flexibility index (Phi) is 4.08. The van der Waals surface area contributed by atoms with Gasteiger partial charge in [-0.3, -0.25) is 0 Å². The van der Waals surface area contributed by atoms with E-state index in [4.69, 9.17) is 15.7 Å². The van der Waals surface area contributed by atoms with E-state index in [9.17, 15) is 4.39 Å². The van der Waals surface area contributed by atoms with E-state index >= 15 is 0 Å². The standard InChI is InChI=1S/C16H16FN5O/c1-10-9-23-5-4-22(10)15-7-14(20-16(19)21-15)11-2-3-12(8-18)13(17)6-11/h2-3,6-7,10H,4-5,9H2,1H3,(H2,19,20,21). The molecule has 1 fully saturated rings. The molecule has 0 radical (unpaired) electrons. The lowest BCUT2D eigenvalue weighted by molar-refractivity contribution is 0.0985. The number of nitriles is 1. The highest BCUT2D eigenvalue weighted by Gasteiger charge is 2.21. The predicted molar refractivity (Wildman–Crippen MR) is 84.2 cm³/mol. The van der Waals surface area contributed by atoms with Gasteiger partial charge >= 0.3 is 0 Å². The lowest BCUT2D eigenvalue weighted by Crippen LogP contribution is -2.44. The van der Waals surface area contributed by atoms with Gasteiger partial charge in [0, 0.05) is 18.2 Å². The number of hydrogen-bond acceptors (Lipinski definition) is 6. The lowest BCUT2D eigenvalue weighted by atomic mass is 10.1. The van der Waals surface area contributed by atoms with Crippen LogP contribution in [0.25, 0.3) is 11.3 Å². The summed E-state index contributed by atoms with van der Waals surface area (Å²) < 4.78 is 19.3. The number of nitrogens with zero attached hydrogens (tertiary/aromatic N) is 4. The maximum atomic E-state index is 13.8. The van der Waals surface area contributed by atoms with E-state index in [2.05, 4.69) is 14.9 Å². The molecule has 2 N–H and O–H groups in total. The molecule has 1 aliphatic heterocycles. The van der Waals surface area contributed by atoms with Crippen LogP contribution in [0.2, 0.25) is 0 Å². The Hall–Kier alpha value is -2.72. The van der Waals surface area contributed by atoms with Crippen molar-refractivity contribution in [3.63, 3.8) is 0 Å². The summed E-state index contributed by atoms with van der Waals surface area (Å²) in [7, 11) is 0. The Balaban J connectivity index is 2.00. The van der Waals surface area contributed by atoms with Crippen LogP contribution in [0.3, 0.4) is 0 Å². The molecule has 1 aliphatic rings. The zero-order chi connectivity index (χ0) is 16.4. The van der Waals surface area contributed by atoms with Crippen molar-refractivity contribution in [1.82, 2.24) is 9.97 Å². The van der Waals surface area contributed by atoms with Crippen LogP contribution < -0.4 is 10.6 Å². The van der Waals surface area contributed by atoms with Gasteiger partial charge in [0.1, 0.15) is 17.7 Å². The molecule has 0 aliphatic carbocycles. The summed E-state index contributed by atoms with van der Waals surface area (Å²) >= 11 is 0. The first-order valence-electron chi connectivity index (χ1n) is 7.27. The van der Waals surface area contributed by atoms with Gasteiger partial charge in [0.25, 0.3) is 0 Å². The minimum atomic E-state index is -0.580. The third-order valence-electron chi connectivity index (χ3n) is 3.78. The molecule has 1 unspecified atom stereocenters. The molecule has 2 heterocycles. The Labute approximate surface area is 133 Å². The van der Waals surface area contributed by atoms with E-state index in [1.807, 2.05) is 6.92 Å². The summed E-state index contributed by atoms with van der Waals surface area (Å²) in [5, 5.41) is 8.81. The van der Waals surface area contributed by atoms with Crippen molar-refractivity contribution in [2.45, 2.75) is 13.0 Å². The first-order chi connectivity index (χ1) is 11.1. The Morgan fingerprint density at radius 3 is 2.91 bits per heavy atom. The van der Waals surface area contributed by atoms with Gasteiger partial charge in [-0.25, -0.2) is 9.37 Å². The first-order valence-corrected chi connectivity index (χ1v) is 7.27. The van der Waals surface area contributed by atoms with Crippen molar-refractivity contribution in [2.75, 3.05) is 30.4 Å². The van der Waals surface area contributed by atoms with Crippen molar-refractivity contribution in [3.05, 3.63) is 35.6 Å². The largest absolute Gasteiger partial charge is 0.377 e. The molecule has 1 atom stereocenters.